The highest BCUT2D eigenvalue weighted by atomic mass is 32.1. The number of carbonyl (C=O) groups excluding carboxylic acids is 2. The number of ether oxygens (including phenoxy) is 1. The molecule has 1 aliphatic heterocycles. The maximum atomic E-state index is 13.5. The summed E-state index contributed by atoms with van der Waals surface area (Å²) in [6.07, 6.45) is 1.23. The molecule has 1 N–H and O–H groups in total. The standard InChI is InChI=1S/C21H19FN4O3S/c1-29-16-8-3-5-13(12-16)19-24-25-21(30-19)23-18(27)17-9-4-10-26(17)20(28)14-6-2-7-15(22)11-14/h2-3,5-8,11-12,17H,4,9-10H2,1H3,(H,23,25,27). The third-order valence-electron chi connectivity index (χ3n) is 4.86. The van der Waals surface area contributed by atoms with Gasteiger partial charge in [0, 0.05) is 17.7 Å². The van der Waals surface area contributed by atoms with Crippen molar-refractivity contribution >= 4 is 28.3 Å². The van der Waals surface area contributed by atoms with E-state index in [9.17, 15) is 14.0 Å². The van der Waals surface area contributed by atoms with Crippen molar-refractivity contribution in [1.82, 2.24) is 15.1 Å². The van der Waals surface area contributed by atoms with Gasteiger partial charge in [-0.05, 0) is 43.2 Å². The third kappa shape index (κ3) is 4.16. The average molecular weight is 426 g/mol. The van der Waals surface area contributed by atoms with Crippen LogP contribution in [0.15, 0.2) is 48.5 Å². The first-order valence-corrected chi connectivity index (χ1v) is 10.2. The second-order valence-electron chi connectivity index (χ2n) is 6.80. The molecular weight excluding hydrogens is 407 g/mol. The maximum Gasteiger partial charge on any atom is 0.254 e. The zero-order chi connectivity index (χ0) is 21.1. The number of methoxy groups -OCH3 is 1. The minimum absolute atomic E-state index is 0.228. The van der Waals surface area contributed by atoms with Crippen molar-refractivity contribution in [3.8, 4) is 16.3 Å². The van der Waals surface area contributed by atoms with Crippen LogP contribution in [-0.2, 0) is 4.79 Å². The lowest BCUT2D eigenvalue weighted by molar-refractivity contribution is -0.119. The Morgan fingerprint density at radius 3 is 2.83 bits per heavy atom. The molecule has 0 aliphatic carbocycles. The molecule has 0 bridgehead atoms. The highest BCUT2D eigenvalue weighted by Crippen LogP contribution is 2.29. The molecule has 1 unspecified atom stereocenters. The lowest BCUT2D eigenvalue weighted by atomic mass is 10.1. The molecule has 0 saturated carbocycles. The number of benzene rings is 2. The van der Waals surface area contributed by atoms with Gasteiger partial charge in [-0.2, -0.15) is 0 Å². The Hall–Kier alpha value is -3.33. The molecule has 3 aromatic rings. The number of halogens is 1. The van der Waals surface area contributed by atoms with Crippen molar-refractivity contribution in [2.24, 2.45) is 0 Å². The van der Waals surface area contributed by atoms with Crippen LogP contribution in [0.1, 0.15) is 23.2 Å². The summed E-state index contributed by atoms with van der Waals surface area (Å²) < 4.78 is 18.7. The van der Waals surface area contributed by atoms with Crippen LogP contribution < -0.4 is 10.1 Å². The Bertz CT molecular complexity index is 1090. The molecule has 2 aromatic carbocycles. The van der Waals surface area contributed by atoms with Gasteiger partial charge in [0.05, 0.1) is 7.11 Å². The van der Waals surface area contributed by atoms with Crippen LogP contribution in [0.4, 0.5) is 9.52 Å². The van der Waals surface area contributed by atoms with Crippen molar-refractivity contribution in [1.29, 1.82) is 0 Å². The van der Waals surface area contributed by atoms with E-state index in [0.717, 1.165) is 5.56 Å². The molecule has 4 rings (SSSR count). The minimum atomic E-state index is -0.634. The van der Waals surface area contributed by atoms with Crippen LogP contribution in [0.2, 0.25) is 0 Å². The number of anilines is 1. The van der Waals surface area contributed by atoms with Crippen molar-refractivity contribution in [3.05, 3.63) is 59.9 Å². The van der Waals surface area contributed by atoms with Gasteiger partial charge in [0.25, 0.3) is 5.91 Å². The molecule has 1 fully saturated rings. The van der Waals surface area contributed by atoms with E-state index in [-0.39, 0.29) is 17.4 Å². The van der Waals surface area contributed by atoms with Gasteiger partial charge in [0.2, 0.25) is 11.0 Å². The summed E-state index contributed by atoms with van der Waals surface area (Å²) in [4.78, 5) is 27.1. The van der Waals surface area contributed by atoms with E-state index in [1.807, 2.05) is 24.3 Å². The number of rotatable bonds is 5. The predicted octanol–water partition coefficient (Wildman–Crippen LogP) is 3.60. The molecule has 1 saturated heterocycles. The fourth-order valence-corrected chi connectivity index (χ4v) is 4.15. The van der Waals surface area contributed by atoms with E-state index in [0.29, 0.717) is 35.3 Å². The smallest absolute Gasteiger partial charge is 0.254 e. The molecule has 0 spiro atoms. The van der Waals surface area contributed by atoms with Gasteiger partial charge in [0.15, 0.2) is 0 Å². The summed E-state index contributed by atoms with van der Waals surface area (Å²) in [5.41, 5.74) is 1.06. The summed E-state index contributed by atoms with van der Waals surface area (Å²) in [5.74, 6) is -0.474. The molecule has 1 aromatic heterocycles. The molecule has 1 aliphatic rings. The molecule has 30 heavy (non-hydrogen) atoms. The van der Waals surface area contributed by atoms with Crippen LogP contribution in [0.3, 0.4) is 0 Å². The fraction of sp³-hybridized carbons (Fsp3) is 0.238. The van der Waals surface area contributed by atoms with Crippen molar-refractivity contribution < 1.29 is 18.7 Å². The van der Waals surface area contributed by atoms with E-state index >= 15 is 0 Å². The number of hydrogen-bond acceptors (Lipinski definition) is 6. The van der Waals surface area contributed by atoms with Crippen molar-refractivity contribution in [3.63, 3.8) is 0 Å². The van der Waals surface area contributed by atoms with Gasteiger partial charge in [-0.1, -0.05) is 29.5 Å². The van der Waals surface area contributed by atoms with Crippen LogP contribution in [0.5, 0.6) is 5.75 Å². The topological polar surface area (TPSA) is 84.4 Å². The van der Waals surface area contributed by atoms with Crippen LogP contribution in [0.25, 0.3) is 10.6 Å². The summed E-state index contributed by atoms with van der Waals surface area (Å²) in [6.45, 7) is 0.443. The SMILES string of the molecule is COc1cccc(-c2nnc(NC(=O)C3CCCN3C(=O)c3cccc(F)c3)s2)c1. The number of aromatic nitrogens is 2. The molecule has 2 amide bonds. The van der Waals surface area contributed by atoms with E-state index < -0.39 is 11.9 Å². The van der Waals surface area contributed by atoms with Gasteiger partial charge in [0.1, 0.15) is 22.6 Å². The number of carbonyl (C=O) groups is 2. The van der Waals surface area contributed by atoms with E-state index in [1.165, 1.54) is 34.4 Å². The van der Waals surface area contributed by atoms with Gasteiger partial charge in [-0.15, -0.1) is 10.2 Å². The first-order chi connectivity index (χ1) is 14.5. The Balaban J connectivity index is 1.47. The van der Waals surface area contributed by atoms with Crippen molar-refractivity contribution in [2.45, 2.75) is 18.9 Å². The van der Waals surface area contributed by atoms with Gasteiger partial charge in [-0.25, -0.2) is 4.39 Å². The number of hydrogen-bond donors (Lipinski definition) is 1. The monoisotopic (exact) mass is 426 g/mol. The zero-order valence-electron chi connectivity index (χ0n) is 16.2. The van der Waals surface area contributed by atoms with Gasteiger partial charge >= 0.3 is 0 Å². The first kappa shape index (κ1) is 20.0. The molecule has 154 valence electrons. The summed E-state index contributed by atoms with van der Waals surface area (Å²) in [6, 6.07) is 12.2. The molecule has 7 nitrogen and oxygen atoms in total. The van der Waals surface area contributed by atoms with Crippen LogP contribution in [-0.4, -0.2) is 46.6 Å². The number of likely N-dealkylation sites (tertiary alicyclic amines) is 1. The van der Waals surface area contributed by atoms with Crippen molar-refractivity contribution in [2.75, 3.05) is 19.0 Å². The number of nitrogens with one attached hydrogen (secondary N) is 1. The summed E-state index contributed by atoms with van der Waals surface area (Å²) >= 11 is 1.24. The van der Waals surface area contributed by atoms with E-state index in [4.69, 9.17) is 4.74 Å². The predicted molar refractivity (Wildman–Crippen MR) is 111 cm³/mol. The molecule has 0 radical (unpaired) electrons. The van der Waals surface area contributed by atoms with Crippen LogP contribution in [0, 0.1) is 5.82 Å². The number of amides is 2. The Morgan fingerprint density at radius 2 is 2.03 bits per heavy atom. The normalized spacial score (nSPS) is 15.8. The molecule has 9 heteroatoms. The summed E-state index contributed by atoms with van der Waals surface area (Å²) in [5, 5.41) is 11.9. The van der Waals surface area contributed by atoms with Gasteiger partial charge in [-0.3, -0.25) is 14.9 Å². The minimum Gasteiger partial charge on any atom is -0.497 e. The highest BCUT2D eigenvalue weighted by molar-refractivity contribution is 7.18. The Kier molecular flexibility index (Phi) is 5.71. The van der Waals surface area contributed by atoms with Gasteiger partial charge < -0.3 is 9.64 Å². The maximum absolute atomic E-state index is 13.5. The largest absolute Gasteiger partial charge is 0.497 e. The van der Waals surface area contributed by atoms with Crippen LogP contribution >= 0.6 is 11.3 Å². The zero-order valence-corrected chi connectivity index (χ0v) is 17.0. The Morgan fingerprint density at radius 1 is 1.20 bits per heavy atom. The van der Waals surface area contributed by atoms with E-state index in [2.05, 4.69) is 15.5 Å². The summed E-state index contributed by atoms with van der Waals surface area (Å²) in [7, 11) is 1.59. The second-order valence-corrected chi connectivity index (χ2v) is 7.78. The van der Waals surface area contributed by atoms with E-state index in [1.54, 1.807) is 13.2 Å². The second kappa shape index (κ2) is 8.58. The number of nitrogens with zero attached hydrogens (tertiary/aromatic N) is 3. The lowest BCUT2D eigenvalue weighted by Crippen LogP contribution is -2.43. The molecule has 1 atom stereocenters. The quantitative estimate of drug-likeness (QED) is 0.674. The molecule has 2 heterocycles. The Labute approximate surface area is 176 Å². The molecular formula is C21H19FN4O3S. The fourth-order valence-electron chi connectivity index (χ4n) is 3.40. The third-order valence-corrected chi connectivity index (χ3v) is 5.75. The first-order valence-electron chi connectivity index (χ1n) is 9.40. The lowest BCUT2D eigenvalue weighted by Gasteiger charge is -2.23. The average Bonchev–Trinajstić information content (AvgIpc) is 3.43. The highest BCUT2D eigenvalue weighted by Gasteiger charge is 2.35.